The Labute approximate surface area is 157 Å². The summed E-state index contributed by atoms with van der Waals surface area (Å²) >= 11 is 0. The van der Waals surface area contributed by atoms with Gasteiger partial charge in [0.15, 0.2) is 5.69 Å². The zero-order chi connectivity index (χ0) is 20.1. The number of benzene rings is 1. The largest absolute Gasteiger partial charge is 0.478 e. The number of alkyl halides is 3. The molecular formula is C19H16F3N3O3. The van der Waals surface area contributed by atoms with Crippen LogP contribution in [0.3, 0.4) is 0 Å². The Morgan fingerprint density at radius 1 is 1.21 bits per heavy atom. The van der Waals surface area contributed by atoms with Crippen molar-refractivity contribution < 1.29 is 27.9 Å². The zero-order valence-corrected chi connectivity index (χ0v) is 14.5. The van der Waals surface area contributed by atoms with Crippen molar-refractivity contribution in [2.24, 2.45) is 17.8 Å². The Balaban J connectivity index is 1.62. The van der Waals surface area contributed by atoms with Gasteiger partial charge in [-0.3, -0.25) is 4.79 Å². The third-order valence-electron chi connectivity index (χ3n) is 5.24. The summed E-state index contributed by atoms with van der Waals surface area (Å²) in [6.45, 7) is 0. The summed E-state index contributed by atoms with van der Waals surface area (Å²) in [5.41, 5.74) is -1.97. The highest BCUT2D eigenvalue weighted by atomic mass is 19.4. The molecule has 2 bridgehead atoms. The highest BCUT2D eigenvalue weighted by Crippen LogP contribution is 2.43. The summed E-state index contributed by atoms with van der Waals surface area (Å²) in [7, 11) is 0. The van der Waals surface area contributed by atoms with Crippen LogP contribution in [0.4, 0.5) is 18.9 Å². The van der Waals surface area contributed by atoms with Crippen molar-refractivity contribution in [3.8, 4) is 5.69 Å². The van der Waals surface area contributed by atoms with Crippen LogP contribution in [0.25, 0.3) is 5.69 Å². The monoisotopic (exact) mass is 391 g/mol. The molecule has 3 unspecified atom stereocenters. The van der Waals surface area contributed by atoms with Crippen LogP contribution in [0.15, 0.2) is 42.6 Å². The average Bonchev–Trinajstić information content (AvgIpc) is 3.36. The van der Waals surface area contributed by atoms with Gasteiger partial charge in [-0.15, -0.1) is 0 Å². The highest BCUT2D eigenvalue weighted by Gasteiger charge is 2.41. The predicted molar refractivity (Wildman–Crippen MR) is 93.0 cm³/mol. The van der Waals surface area contributed by atoms with E-state index in [-0.39, 0.29) is 23.4 Å². The molecule has 1 amide bonds. The van der Waals surface area contributed by atoms with E-state index in [0.29, 0.717) is 22.5 Å². The number of allylic oxidation sites excluding steroid dienone is 2. The molecule has 0 saturated heterocycles. The molecule has 2 aliphatic rings. The fourth-order valence-corrected chi connectivity index (χ4v) is 4.01. The van der Waals surface area contributed by atoms with E-state index in [1.807, 2.05) is 6.08 Å². The van der Waals surface area contributed by atoms with Crippen molar-refractivity contribution in [2.75, 3.05) is 5.32 Å². The minimum absolute atomic E-state index is 0.00506. The number of hydrogen-bond acceptors (Lipinski definition) is 3. The number of carbonyl (C=O) groups excluding carboxylic acids is 1. The molecule has 9 heteroatoms. The van der Waals surface area contributed by atoms with E-state index in [1.165, 1.54) is 18.2 Å². The van der Waals surface area contributed by atoms with Crippen LogP contribution in [-0.2, 0) is 11.0 Å². The number of carboxylic acids is 1. The zero-order valence-electron chi connectivity index (χ0n) is 14.5. The van der Waals surface area contributed by atoms with Crippen molar-refractivity contribution in [1.29, 1.82) is 0 Å². The summed E-state index contributed by atoms with van der Waals surface area (Å²) in [5, 5.41) is 15.4. The Morgan fingerprint density at radius 3 is 2.61 bits per heavy atom. The molecule has 0 spiro atoms. The molecule has 2 N–H and O–H groups in total. The van der Waals surface area contributed by atoms with Crippen molar-refractivity contribution in [1.82, 2.24) is 9.78 Å². The van der Waals surface area contributed by atoms with Crippen LogP contribution in [0.1, 0.15) is 28.9 Å². The third kappa shape index (κ3) is 3.17. The molecule has 0 aliphatic heterocycles. The van der Waals surface area contributed by atoms with Crippen molar-refractivity contribution in [2.45, 2.75) is 19.0 Å². The van der Waals surface area contributed by atoms with E-state index in [9.17, 15) is 22.8 Å². The first-order chi connectivity index (χ1) is 13.2. The molecule has 3 atom stereocenters. The average molecular weight is 391 g/mol. The Kier molecular flexibility index (Phi) is 4.24. The number of aromatic carboxylic acids is 1. The summed E-state index contributed by atoms with van der Waals surface area (Å²) in [5.74, 6) is -1.41. The molecule has 146 valence electrons. The van der Waals surface area contributed by atoms with Crippen LogP contribution < -0.4 is 5.32 Å². The van der Waals surface area contributed by atoms with Gasteiger partial charge in [0.25, 0.3) is 0 Å². The fourth-order valence-electron chi connectivity index (χ4n) is 4.01. The number of carboxylic acid groups (broad SMARTS) is 1. The van der Waals surface area contributed by atoms with E-state index in [4.69, 9.17) is 5.11 Å². The van der Waals surface area contributed by atoms with Gasteiger partial charge in [-0.05, 0) is 42.9 Å². The molecule has 4 rings (SSSR count). The first kappa shape index (κ1) is 18.3. The maximum Gasteiger partial charge on any atom is 0.434 e. The number of nitrogens with one attached hydrogen (secondary N) is 1. The van der Waals surface area contributed by atoms with E-state index in [1.54, 1.807) is 6.07 Å². The Hall–Kier alpha value is -3.10. The van der Waals surface area contributed by atoms with E-state index < -0.39 is 23.4 Å². The van der Waals surface area contributed by atoms with Crippen LogP contribution in [-0.4, -0.2) is 26.8 Å². The first-order valence-corrected chi connectivity index (χ1v) is 8.72. The maximum atomic E-state index is 13.4. The molecule has 1 aromatic carbocycles. The molecule has 1 heterocycles. The number of fused-ring (bicyclic) bond motifs is 2. The van der Waals surface area contributed by atoms with Crippen LogP contribution in [0.5, 0.6) is 0 Å². The SMILES string of the molecule is O=C(O)c1cnn(-c2cccc(NC(=O)C3CC4C=CC3C4)c2)c1C(F)(F)F. The molecule has 6 nitrogen and oxygen atoms in total. The second-order valence-corrected chi connectivity index (χ2v) is 7.05. The molecule has 2 aromatic rings. The van der Waals surface area contributed by atoms with Gasteiger partial charge in [-0.25, -0.2) is 9.48 Å². The minimum Gasteiger partial charge on any atom is -0.478 e. The maximum absolute atomic E-state index is 13.4. The fraction of sp³-hybridized carbons (Fsp3) is 0.316. The normalized spacial score (nSPS) is 23.2. The second kappa shape index (κ2) is 6.50. The number of hydrogen-bond donors (Lipinski definition) is 2. The lowest BCUT2D eigenvalue weighted by Crippen LogP contribution is -2.26. The van der Waals surface area contributed by atoms with E-state index in [0.717, 1.165) is 12.8 Å². The molecule has 1 saturated carbocycles. The molecule has 2 aliphatic carbocycles. The number of carbonyl (C=O) groups is 2. The van der Waals surface area contributed by atoms with Crippen LogP contribution >= 0.6 is 0 Å². The molecular weight excluding hydrogens is 375 g/mol. The van der Waals surface area contributed by atoms with E-state index in [2.05, 4.69) is 16.5 Å². The Bertz CT molecular complexity index is 980. The predicted octanol–water partition coefficient (Wildman–Crippen LogP) is 3.74. The first-order valence-electron chi connectivity index (χ1n) is 8.72. The van der Waals surface area contributed by atoms with Gasteiger partial charge in [0, 0.05) is 11.6 Å². The quantitative estimate of drug-likeness (QED) is 0.778. The summed E-state index contributed by atoms with van der Waals surface area (Å²) in [4.78, 5) is 23.7. The number of aromatic nitrogens is 2. The molecule has 1 fully saturated rings. The standard InChI is InChI=1S/C19H16F3N3O3/c20-19(21,22)16-15(18(27)28)9-23-25(16)13-3-1-2-12(8-13)24-17(26)14-7-10-4-5-11(14)6-10/h1-5,8-11,14H,6-7H2,(H,24,26)(H,27,28). The van der Waals surface area contributed by atoms with Gasteiger partial charge in [0.2, 0.25) is 5.91 Å². The van der Waals surface area contributed by atoms with Gasteiger partial charge < -0.3 is 10.4 Å². The van der Waals surface area contributed by atoms with Crippen molar-refractivity contribution in [3.63, 3.8) is 0 Å². The van der Waals surface area contributed by atoms with Gasteiger partial charge in [-0.2, -0.15) is 18.3 Å². The molecule has 0 radical (unpaired) electrons. The van der Waals surface area contributed by atoms with E-state index >= 15 is 0 Å². The van der Waals surface area contributed by atoms with Gasteiger partial charge in [-0.1, -0.05) is 18.2 Å². The van der Waals surface area contributed by atoms with Gasteiger partial charge in [0.05, 0.1) is 11.9 Å². The van der Waals surface area contributed by atoms with Gasteiger partial charge in [0.1, 0.15) is 5.56 Å². The lowest BCUT2D eigenvalue weighted by Gasteiger charge is -2.18. The topological polar surface area (TPSA) is 84.2 Å². The minimum atomic E-state index is -4.90. The summed E-state index contributed by atoms with van der Waals surface area (Å²) < 4.78 is 40.7. The Morgan fingerprint density at radius 2 is 2.00 bits per heavy atom. The van der Waals surface area contributed by atoms with Crippen LogP contribution in [0, 0.1) is 17.8 Å². The van der Waals surface area contributed by atoms with Gasteiger partial charge >= 0.3 is 12.1 Å². The number of anilines is 1. The number of nitrogens with zero attached hydrogens (tertiary/aromatic N) is 2. The number of amides is 1. The summed E-state index contributed by atoms with van der Waals surface area (Å²) in [6.07, 6.45) is 1.65. The second-order valence-electron chi connectivity index (χ2n) is 7.05. The van der Waals surface area contributed by atoms with Crippen molar-refractivity contribution in [3.05, 3.63) is 53.9 Å². The van der Waals surface area contributed by atoms with Crippen LogP contribution in [0.2, 0.25) is 0 Å². The summed E-state index contributed by atoms with van der Waals surface area (Å²) in [6, 6.07) is 5.76. The number of halogens is 3. The smallest absolute Gasteiger partial charge is 0.434 e. The molecule has 28 heavy (non-hydrogen) atoms. The number of rotatable bonds is 4. The lowest BCUT2D eigenvalue weighted by molar-refractivity contribution is -0.143. The third-order valence-corrected chi connectivity index (χ3v) is 5.24. The highest BCUT2D eigenvalue weighted by molar-refractivity contribution is 5.93. The van der Waals surface area contributed by atoms with Crippen molar-refractivity contribution >= 4 is 17.6 Å². The lowest BCUT2D eigenvalue weighted by atomic mass is 9.93. The molecule has 1 aromatic heterocycles.